The first-order chi connectivity index (χ1) is 7.10. The molecule has 0 saturated heterocycles. The molecule has 0 saturated carbocycles. The lowest BCUT2D eigenvalue weighted by atomic mass is 10.8. The summed E-state index contributed by atoms with van der Waals surface area (Å²) < 4.78 is 11.0. The molecule has 0 unspecified atom stereocenters. The smallest absolute Gasteiger partial charge is 0.302 e. The molecule has 3 nitrogen and oxygen atoms in total. The van der Waals surface area contributed by atoms with Crippen LogP contribution in [0.15, 0.2) is 0 Å². The highest BCUT2D eigenvalue weighted by Gasteiger charge is 2.19. The van der Waals surface area contributed by atoms with Gasteiger partial charge in [0.05, 0.1) is 5.75 Å². The summed E-state index contributed by atoms with van der Waals surface area (Å²) in [4.78, 5) is 11.4. The van der Waals surface area contributed by atoms with Crippen molar-refractivity contribution in [3.63, 3.8) is 0 Å². The van der Waals surface area contributed by atoms with Crippen molar-refractivity contribution in [2.45, 2.75) is 39.3 Å². The molecule has 0 atom stereocenters. The first-order valence-corrected chi connectivity index (χ1v) is 13.5. The molecule has 0 fully saturated rings. The predicted molar refractivity (Wildman–Crippen MR) is 76.1 cm³/mol. The number of carbonyl (C=O) groups excluding carboxylic acids is 1. The summed E-state index contributed by atoms with van der Waals surface area (Å²) >= 11 is 1.59. The van der Waals surface area contributed by atoms with Crippen LogP contribution in [-0.4, -0.2) is 40.7 Å². The molecule has 0 aliphatic heterocycles. The third-order valence-electron chi connectivity index (χ3n) is 1.40. The molecule has 0 heterocycles. The molecule has 0 aliphatic carbocycles. The van der Waals surface area contributed by atoms with Crippen LogP contribution in [0.3, 0.4) is 0 Å². The number of rotatable bonds is 7. The van der Waals surface area contributed by atoms with Crippen LogP contribution in [0.5, 0.6) is 0 Å². The Morgan fingerprint density at radius 3 is 2.06 bits per heavy atom. The van der Waals surface area contributed by atoms with Crippen LogP contribution in [0.25, 0.3) is 0 Å². The Morgan fingerprint density at radius 2 is 1.62 bits per heavy atom. The summed E-state index contributed by atoms with van der Waals surface area (Å²) in [6.07, 6.45) is 0. The summed E-state index contributed by atoms with van der Waals surface area (Å²) in [7, 11) is -3.10. The molecule has 0 radical (unpaired) electrons. The van der Waals surface area contributed by atoms with Crippen molar-refractivity contribution in [3.05, 3.63) is 0 Å². The van der Waals surface area contributed by atoms with Crippen LogP contribution in [0.1, 0.15) is 0 Å². The highest BCUT2D eigenvalue weighted by atomic mass is 32.2. The quantitative estimate of drug-likeness (QED) is 0.530. The molecule has 0 aromatic heterocycles. The lowest BCUT2D eigenvalue weighted by Crippen LogP contribution is -2.30. The van der Waals surface area contributed by atoms with Crippen molar-refractivity contribution >= 4 is 34.4 Å². The molecule has 0 spiro atoms. The monoisotopic (exact) mass is 280 g/mol. The SMILES string of the molecule is C[Si](C)(C)OCCSCC(=O)O[Si](C)(C)C. The van der Waals surface area contributed by atoms with E-state index in [2.05, 4.69) is 19.6 Å². The first kappa shape index (κ1) is 16.2. The highest BCUT2D eigenvalue weighted by molar-refractivity contribution is 7.99. The third kappa shape index (κ3) is 12.3. The predicted octanol–water partition coefficient (Wildman–Crippen LogP) is 2.95. The lowest BCUT2D eigenvalue weighted by Gasteiger charge is -2.18. The Labute approximate surface area is 106 Å². The molecule has 0 amide bonds. The van der Waals surface area contributed by atoms with Gasteiger partial charge in [0, 0.05) is 12.4 Å². The molecule has 0 N–H and O–H groups in total. The minimum absolute atomic E-state index is 0.0860. The van der Waals surface area contributed by atoms with Gasteiger partial charge >= 0.3 is 5.97 Å². The first-order valence-electron chi connectivity index (χ1n) is 5.54. The topological polar surface area (TPSA) is 35.5 Å². The van der Waals surface area contributed by atoms with Crippen LogP contribution < -0.4 is 0 Å². The van der Waals surface area contributed by atoms with Gasteiger partial charge in [-0.1, -0.05) is 0 Å². The fraction of sp³-hybridized carbons (Fsp3) is 0.900. The zero-order valence-electron chi connectivity index (χ0n) is 11.3. The molecule has 0 aromatic rings. The van der Waals surface area contributed by atoms with Gasteiger partial charge < -0.3 is 8.85 Å². The molecule has 96 valence electrons. The van der Waals surface area contributed by atoms with E-state index >= 15 is 0 Å². The normalized spacial score (nSPS) is 12.6. The second kappa shape index (κ2) is 6.83. The molecule has 16 heavy (non-hydrogen) atoms. The number of hydrogen-bond donors (Lipinski definition) is 0. The third-order valence-corrected chi connectivity index (χ3v) is 4.21. The Morgan fingerprint density at radius 1 is 1.06 bits per heavy atom. The summed E-state index contributed by atoms with van der Waals surface area (Å²) in [6, 6.07) is 0. The van der Waals surface area contributed by atoms with Gasteiger partial charge in [-0.3, -0.25) is 4.79 Å². The summed E-state index contributed by atoms with van der Waals surface area (Å²) in [5.74, 6) is 1.22. The van der Waals surface area contributed by atoms with Gasteiger partial charge in [0.2, 0.25) is 8.32 Å². The average molecular weight is 281 g/mol. The van der Waals surface area contributed by atoms with Crippen molar-refractivity contribution in [2.75, 3.05) is 18.1 Å². The molecular formula is C10H24O3SSi2. The van der Waals surface area contributed by atoms with E-state index in [9.17, 15) is 4.79 Å². The van der Waals surface area contributed by atoms with Gasteiger partial charge in [-0.25, -0.2) is 0 Å². The second-order valence-corrected chi connectivity index (χ2v) is 15.6. The van der Waals surface area contributed by atoms with E-state index in [4.69, 9.17) is 8.85 Å². The van der Waals surface area contributed by atoms with Crippen LogP contribution in [0, 0.1) is 0 Å². The molecular weight excluding hydrogens is 256 g/mol. The fourth-order valence-electron chi connectivity index (χ4n) is 0.933. The molecule has 0 bridgehead atoms. The number of hydrogen-bond acceptors (Lipinski definition) is 4. The van der Waals surface area contributed by atoms with E-state index < -0.39 is 16.6 Å². The maximum atomic E-state index is 11.4. The summed E-state index contributed by atoms with van der Waals surface area (Å²) in [6.45, 7) is 13.3. The van der Waals surface area contributed by atoms with Gasteiger partial charge in [-0.05, 0) is 39.3 Å². The highest BCUT2D eigenvalue weighted by Crippen LogP contribution is 2.08. The lowest BCUT2D eigenvalue weighted by molar-refractivity contribution is -0.132. The Balaban J connectivity index is 3.50. The van der Waals surface area contributed by atoms with E-state index in [1.165, 1.54) is 0 Å². The van der Waals surface area contributed by atoms with E-state index in [-0.39, 0.29) is 5.97 Å². The molecule has 6 heteroatoms. The zero-order chi connectivity index (χ0) is 12.8. The van der Waals surface area contributed by atoms with Crippen LogP contribution in [0.4, 0.5) is 0 Å². The van der Waals surface area contributed by atoms with Gasteiger partial charge in [0.1, 0.15) is 0 Å². The minimum atomic E-state index is -1.71. The fourth-order valence-corrected chi connectivity index (χ4v) is 3.23. The van der Waals surface area contributed by atoms with E-state index in [0.29, 0.717) is 5.75 Å². The van der Waals surface area contributed by atoms with Crippen molar-refractivity contribution in [1.82, 2.24) is 0 Å². The molecule has 0 aromatic carbocycles. The Bertz CT molecular complexity index is 221. The molecule has 0 rings (SSSR count). The summed E-state index contributed by atoms with van der Waals surface area (Å²) in [5, 5.41) is 0. The van der Waals surface area contributed by atoms with E-state index in [1.54, 1.807) is 11.8 Å². The van der Waals surface area contributed by atoms with E-state index in [1.807, 2.05) is 19.6 Å². The number of thioether (sulfide) groups is 1. The van der Waals surface area contributed by atoms with Crippen LogP contribution in [-0.2, 0) is 13.6 Å². The van der Waals surface area contributed by atoms with Crippen molar-refractivity contribution in [3.8, 4) is 0 Å². The van der Waals surface area contributed by atoms with Gasteiger partial charge in [-0.15, -0.1) is 11.8 Å². The Hall–Kier alpha value is 0.214. The summed E-state index contributed by atoms with van der Waals surface area (Å²) in [5.41, 5.74) is 0. The minimum Gasteiger partial charge on any atom is -0.519 e. The van der Waals surface area contributed by atoms with Gasteiger partial charge in [0.25, 0.3) is 0 Å². The zero-order valence-corrected chi connectivity index (χ0v) is 14.1. The largest absolute Gasteiger partial charge is 0.519 e. The van der Waals surface area contributed by atoms with Gasteiger partial charge in [0.15, 0.2) is 8.32 Å². The average Bonchev–Trinajstić information content (AvgIpc) is 1.97. The maximum Gasteiger partial charge on any atom is 0.302 e. The Kier molecular flexibility index (Phi) is 6.92. The van der Waals surface area contributed by atoms with Crippen LogP contribution in [0.2, 0.25) is 39.3 Å². The molecule has 0 aliphatic rings. The van der Waals surface area contributed by atoms with Crippen molar-refractivity contribution < 1.29 is 13.6 Å². The van der Waals surface area contributed by atoms with E-state index in [0.717, 1.165) is 12.4 Å². The van der Waals surface area contributed by atoms with Gasteiger partial charge in [-0.2, -0.15) is 0 Å². The van der Waals surface area contributed by atoms with Crippen LogP contribution >= 0.6 is 11.8 Å². The van der Waals surface area contributed by atoms with Crippen molar-refractivity contribution in [1.29, 1.82) is 0 Å². The maximum absolute atomic E-state index is 11.4. The second-order valence-electron chi connectivity index (χ2n) is 5.60. The standard InChI is InChI=1S/C10H24O3SSi2/c1-15(2,3)12-7-8-14-9-10(11)13-16(4,5)6/h7-9H2,1-6H3. The van der Waals surface area contributed by atoms with Crippen molar-refractivity contribution in [2.24, 2.45) is 0 Å². The number of carbonyl (C=O) groups is 1.